The fraction of sp³-hybridized carbons (Fsp3) is 0.269. The number of pyridine rings is 1. The molecule has 0 radical (unpaired) electrons. The number of benzene rings is 1. The lowest BCUT2D eigenvalue weighted by Crippen LogP contribution is -2.45. The van der Waals surface area contributed by atoms with E-state index < -0.39 is 6.10 Å². The fourth-order valence-corrected chi connectivity index (χ4v) is 4.46. The van der Waals surface area contributed by atoms with Crippen LogP contribution in [0.2, 0.25) is 0 Å². The first-order valence-corrected chi connectivity index (χ1v) is 11.3. The molecule has 33 heavy (non-hydrogen) atoms. The molecule has 0 bridgehead atoms. The predicted molar refractivity (Wildman–Crippen MR) is 125 cm³/mol. The van der Waals surface area contributed by atoms with Crippen molar-refractivity contribution >= 4 is 11.4 Å². The van der Waals surface area contributed by atoms with Crippen LogP contribution in [0.15, 0.2) is 67.0 Å². The van der Waals surface area contributed by atoms with Gasteiger partial charge in [0.15, 0.2) is 0 Å². The van der Waals surface area contributed by atoms with Crippen LogP contribution in [0.1, 0.15) is 47.3 Å². The van der Waals surface area contributed by atoms with E-state index in [9.17, 15) is 15.0 Å². The first-order chi connectivity index (χ1) is 16.1. The highest BCUT2D eigenvalue weighted by Gasteiger charge is 2.25. The van der Waals surface area contributed by atoms with Crippen molar-refractivity contribution in [3.05, 3.63) is 83.8 Å². The number of amides is 1. The van der Waals surface area contributed by atoms with Crippen molar-refractivity contribution in [3.8, 4) is 17.0 Å². The van der Waals surface area contributed by atoms with Gasteiger partial charge in [-0.2, -0.15) is 5.10 Å². The van der Waals surface area contributed by atoms with Gasteiger partial charge in [0.2, 0.25) is 5.88 Å². The van der Waals surface area contributed by atoms with Gasteiger partial charge in [-0.25, -0.2) is 9.50 Å². The number of aliphatic hydroxyl groups is 1. The largest absolute Gasteiger partial charge is 0.493 e. The summed E-state index contributed by atoms with van der Waals surface area (Å²) >= 11 is 0. The van der Waals surface area contributed by atoms with E-state index in [-0.39, 0.29) is 17.8 Å². The van der Waals surface area contributed by atoms with Crippen LogP contribution in [-0.2, 0) is 6.42 Å². The minimum atomic E-state index is -0.500. The van der Waals surface area contributed by atoms with Crippen LogP contribution in [0.4, 0.5) is 0 Å². The lowest BCUT2D eigenvalue weighted by atomic mass is 9.92. The third kappa shape index (κ3) is 4.59. The second-order valence-electron chi connectivity index (χ2n) is 8.60. The molecule has 168 valence electrons. The molecular formula is C26H26N4O3. The molecule has 4 aromatic rings. The Kier molecular flexibility index (Phi) is 5.79. The second kappa shape index (κ2) is 9.03. The highest BCUT2D eigenvalue weighted by molar-refractivity contribution is 5.93. The quantitative estimate of drug-likeness (QED) is 0.437. The van der Waals surface area contributed by atoms with Gasteiger partial charge in [0.1, 0.15) is 5.69 Å². The summed E-state index contributed by atoms with van der Waals surface area (Å²) < 4.78 is 1.73. The van der Waals surface area contributed by atoms with Crippen LogP contribution >= 0.6 is 0 Å². The Bertz CT molecular complexity index is 1270. The third-order valence-electron chi connectivity index (χ3n) is 6.29. The molecule has 0 aliphatic heterocycles. The van der Waals surface area contributed by atoms with Crippen molar-refractivity contribution in [1.29, 1.82) is 0 Å². The Morgan fingerprint density at radius 1 is 1.06 bits per heavy atom. The maximum atomic E-state index is 12.9. The molecule has 1 saturated carbocycles. The number of nitrogens with one attached hydrogen (secondary N) is 1. The smallest absolute Gasteiger partial charge is 0.272 e. The predicted octanol–water partition coefficient (Wildman–Crippen LogP) is 3.73. The fourth-order valence-electron chi connectivity index (χ4n) is 4.46. The van der Waals surface area contributed by atoms with Crippen LogP contribution in [-0.4, -0.2) is 42.9 Å². The summed E-state index contributed by atoms with van der Waals surface area (Å²) in [6.07, 6.45) is 7.14. The minimum Gasteiger partial charge on any atom is -0.493 e. The lowest BCUT2D eigenvalue weighted by molar-refractivity contribution is 0.0713. The lowest BCUT2D eigenvalue weighted by Gasteiger charge is -2.28. The third-order valence-corrected chi connectivity index (χ3v) is 6.29. The number of carbonyl (C=O) groups excluding carboxylic acids is 1. The van der Waals surface area contributed by atoms with Gasteiger partial charge in [0.25, 0.3) is 5.91 Å². The van der Waals surface area contributed by atoms with Crippen molar-refractivity contribution in [2.24, 2.45) is 0 Å². The van der Waals surface area contributed by atoms with E-state index in [2.05, 4.69) is 27.5 Å². The van der Waals surface area contributed by atoms with Crippen molar-refractivity contribution < 1.29 is 15.0 Å². The molecule has 7 heteroatoms. The number of aromatic hydroxyl groups is 1. The van der Waals surface area contributed by atoms with Crippen molar-refractivity contribution in [1.82, 2.24) is 19.9 Å². The minimum absolute atomic E-state index is 0.00195. The van der Waals surface area contributed by atoms with Crippen LogP contribution < -0.4 is 5.32 Å². The number of nitrogens with zero attached hydrogens (tertiary/aromatic N) is 3. The van der Waals surface area contributed by atoms with E-state index in [0.29, 0.717) is 12.1 Å². The van der Waals surface area contributed by atoms with Gasteiger partial charge in [0.05, 0.1) is 17.7 Å². The molecule has 7 nitrogen and oxygen atoms in total. The second-order valence-corrected chi connectivity index (χ2v) is 8.60. The molecule has 0 saturated heterocycles. The summed E-state index contributed by atoms with van der Waals surface area (Å²) in [6.45, 7) is 0. The van der Waals surface area contributed by atoms with Crippen molar-refractivity contribution in [3.63, 3.8) is 0 Å². The van der Waals surface area contributed by atoms with E-state index in [1.165, 1.54) is 0 Å². The molecule has 1 fully saturated rings. The summed E-state index contributed by atoms with van der Waals surface area (Å²) in [7, 11) is 0. The van der Waals surface area contributed by atoms with Gasteiger partial charge in [-0.1, -0.05) is 37.1 Å². The topological polar surface area (TPSA) is 99.8 Å². The zero-order valence-corrected chi connectivity index (χ0v) is 18.2. The van der Waals surface area contributed by atoms with Crippen LogP contribution in [0.5, 0.6) is 5.88 Å². The number of rotatable bonds is 5. The number of hydrogen-bond donors (Lipinski definition) is 3. The molecule has 3 N–H and O–H groups in total. The van der Waals surface area contributed by atoms with E-state index in [4.69, 9.17) is 0 Å². The van der Waals surface area contributed by atoms with Crippen molar-refractivity contribution in [2.75, 3.05) is 0 Å². The number of carbonyl (C=O) groups is 1. The first kappa shape index (κ1) is 21.2. The Morgan fingerprint density at radius 2 is 1.85 bits per heavy atom. The summed E-state index contributed by atoms with van der Waals surface area (Å²) in [5, 5.41) is 27.1. The molecule has 3 aromatic heterocycles. The summed E-state index contributed by atoms with van der Waals surface area (Å²) in [5.41, 5.74) is 5.35. The van der Waals surface area contributed by atoms with Crippen molar-refractivity contribution in [2.45, 2.75) is 44.2 Å². The number of hydrogen-bond acceptors (Lipinski definition) is 5. The van der Waals surface area contributed by atoms with E-state index in [1.807, 2.05) is 42.6 Å². The summed E-state index contributed by atoms with van der Waals surface area (Å²) in [6, 6.07) is 17.1. The molecule has 2 atom stereocenters. The molecule has 5 rings (SSSR count). The zero-order chi connectivity index (χ0) is 22.8. The molecule has 0 unspecified atom stereocenters. The number of aliphatic hydroxyl groups excluding tert-OH is 1. The van der Waals surface area contributed by atoms with Gasteiger partial charge in [-0.05, 0) is 60.2 Å². The van der Waals surface area contributed by atoms with E-state index in [0.717, 1.165) is 53.5 Å². The summed E-state index contributed by atoms with van der Waals surface area (Å²) in [4.78, 5) is 16.9. The molecule has 1 aliphatic carbocycles. The Balaban J connectivity index is 1.38. The Hall–Kier alpha value is -3.71. The highest BCUT2D eigenvalue weighted by Crippen LogP contribution is 2.23. The Morgan fingerprint density at radius 3 is 2.61 bits per heavy atom. The maximum Gasteiger partial charge on any atom is 0.272 e. The highest BCUT2D eigenvalue weighted by atomic mass is 16.3. The monoisotopic (exact) mass is 442 g/mol. The van der Waals surface area contributed by atoms with Gasteiger partial charge in [0, 0.05) is 24.0 Å². The van der Waals surface area contributed by atoms with Gasteiger partial charge in [-0.3, -0.25) is 4.79 Å². The normalized spacial score (nSPS) is 18.3. The van der Waals surface area contributed by atoms with Crippen LogP contribution in [0.25, 0.3) is 16.6 Å². The standard InChI is InChI=1S/C26H26N4O3/c31-24-6-2-1-4-21(24)28-26(33)22-15-20(23-5-3-13-30(23)29-22)14-17-7-9-18(10-8-17)19-11-12-25(32)27-16-19/h3,5,7-13,15-16,21,24,31H,1-2,4,6,14H2,(H,27,32)(H,28,33)/t21-,24-/m1/s1. The SMILES string of the molecule is O=C(N[C@@H]1CCCC[C@H]1O)c1cc(Cc2ccc(-c3ccc(O)nc3)cc2)c2cccn2n1. The molecule has 0 spiro atoms. The average Bonchev–Trinajstić information content (AvgIpc) is 3.31. The molecule has 1 aliphatic rings. The van der Waals surface area contributed by atoms with Gasteiger partial charge in [-0.15, -0.1) is 0 Å². The van der Waals surface area contributed by atoms with Gasteiger partial charge < -0.3 is 15.5 Å². The van der Waals surface area contributed by atoms with E-state index >= 15 is 0 Å². The summed E-state index contributed by atoms with van der Waals surface area (Å²) in [5.74, 6) is -0.255. The maximum absolute atomic E-state index is 12.9. The number of fused-ring (bicyclic) bond motifs is 1. The Labute approximate surface area is 191 Å². The molecule has 3 heterocycles. The first-order valence-electron chi connectivity index (χ1n) is 11.3. The van der Waals surface area contributed by atoms with Gasteiger partial charge >= 0.3 is 0 Å². The molecular weight excluding hydrogens is 416 g/mol. The molecule has 1 amide bonds. The average molecular weight is 443 g/mol. The zero-order valence-electron chi connectivity index (χ0n) is 18.2. The number of aromatic nitrogens is 3. The molecule has 1 aromatic carbocycles. The van der Waals surface area contributed by atoms with Crippen LogP contribution in [0, 0.1) is 0 Å². The van der Waals surface area contributed by atoms with Crippen LogP contribution in [0.3, 0.4) is 0 Å². The van der Waals surface area contributed by atoms with E-state index in [1.54, 1.807) is 16.8 Å².